The van der Waals surface area contributed by atoms with Gasteiger partial charge < -0.3 is 4.74 Å². The smallest absolute Gasteiger partial charge is 0.424 e. The molecule has 0 atom stereocenters. The highest BCUT2D eigenvalue weighted by molar-refractivity contribution is 8.18. The van der Waals surface area contributed by atoms with Crippen LogP contribution in [-0.4, -0.2) is 81.6 Å². The Morgan fingerprint density at radius 3 is 2.53 bits per heavy atom. The van der Waals surface area contributed by atoms with Gasteiger partial charge in [0, 0.05) is 10.4 Å². The van der Waals surface area contributed by atoms with Gasteiger partial charge in [-0.2, -0.15) is 31.0 Å². The second-order valence-electron chi connectivity index (χ2n) is 9.20. The summed E-state index contributed by atoms with van der Waals surface area (Å²) in [7, 11) is -3.55. The van der Waals surface area contributed by atoms with Crippen LogP contribution in [0.2, 0.25) is 5.02 Å². The van der Waals surface area contributed by atoms with Gasteiger partial charge in [0.05, 0.1) is 48.9 Å². The summed E-state index contributed by atoms with van der Waals surface area (Å²) in [5.74, 6) is -1.92. The highest BCUT2D eigenvalue weighted by atomic mass is 35.5. The van der Waals surface area contributed by atoms with Crippen LogP contribution in [-0.2, 0) is 37.3 Å². The van der Waals surface area contributed by atoms with E-state index in [1.165, 1.54) is 29.1 Å². The number of rotatable bonds is 5. The number of aromatic nitrogens is 2. The number of methoxy groups -OCH3 is 1. The van der Waals surface area contributed by atoms with Gasteiger partial charge in [-0.3, -0.25) is 24.0 Å². The molecule has 0 unspecified atom stereocenters. The molecule has 2 saturated heterocycles. The molecular formula is C25H19ClF3N5O7S2. The molecule has 2 aliphatic rings. The quantitative estimate of drug-likeness (QED) is 0.373. The maximum atomic E-state index is 13.5. The predicted molar refractivity (Wildman–Crippen MR) is 148 cm³/mol. The number of imide groups is 1. The number of benzene rings is 2. The van der Waals surface area contributed by atoms with Gasteiger partial charge in [0.25, 0.3) is 17.1 Å². The number of amides is 4. The molecule has 43 heavy (non-hydrogen) atoms. The molecule has 3 heterocycles. The molecule has 18 heteroatoms. The molecule has 2 fully saturated rings. The van der Waals surface area contributed by atoms with Crippen LogP contribution in [0.4, 0.5) is 22.8 Å². The van der Waals surface area contributed by atoms with Crippen molar-refractivity contribution in [1.82, 2.24) is 23.3 Å². The van der Waals surface area contributed by atoms with Gasteiger partial charge >= 0.3 is 22.5 Å². The van der Waals surface area contributed by atoms with Crippen molar-refractivity contribution in [3.63, 3.8) is 0 Å². The molecule has 0 saturated carbocycles. The van der Waals surface area contributed by atoms with Gasteiger partial charge in [0.15, 0.2) is 0 Å². The lowest BCUT2D eigenvalue weighted by Gasteiger charge is -2.19. The Hall–Kier alpha value is -4.09. The number of hydrogen-bond acceptors (Lipinski definition) is 9. The average Bonchev–Trinajstić information content (AvgIpc) is 3.57. The van der Waals surface area contributed by atoms with E-state index < -0.39 is 51.6 Å². The second-order valence-corrected chi connectivity index (χ2v) is 12.4. The SMILES string of the molecule is COC(=O)N1CCN(C(=O)CN2C(=O)S/C(=C\c3ccc4c(cnn4Cc4ccc(Cl)cc4C(F)(F)F)c3)C2=O)S1(=O)=O. The molecule has 4 amide bonds. The zero-order valence-electron chi connectivity index (χ0n) is 21.9. The van der Waals surface area contributed by atoms with Crippen molar-refractivity contribution >= 4 is 73.7 Å². The van der Waals surface area contributed by atoms with Crippen LogP contribution in [0.15, 0.2) is 47.5 Å². The number of nitrogens with zero attached hydrogens (tertiary/aromatic N) is 5. The van der Waals surface area contributed by atoms with Crippen molar-refractivity contribution in [3.05, 3.63) is 69.2 Å². The number of hydrogen-bond donors (Lipinski definition) is 0. The fourth-order valence-corrected chi connectivity index (χ4v) is 6.96. The molecular weight excluding hydrogens is 639 g/mol. The number of alkyl halides is 3. The summed E-state index contributed by atoms with van der Waals surface area (Å²) in [6.07, 6.45) is -2.97. The lowest BCUT2D eigenvalue weighted by Crippen LogP contribution is -2.45. The Morgan fingerprint density at radius 2 is 1.84 bits per heavy atom. The van der Waals surface area contributed by atoms with E-state index >= 15 is 0 Å². The first-order valence-electron chi connectivity index (χ1n) is 12.2. The van der Waals surface area contributed by atoms with Crippen molar-refractivity contribution in [1.29, 1.82) is 0 Å². The number of halogens is 4. The highest BCUT2D eigenvalue weighted by Gasteiger charge is 2.45. The van der Waals surface area contributed by atoms with Crippen molar-refractivity contribution in [3.8, 4) is 0 Å². The summed E-state index contributed by atoms with van der Waals surface area (Å²) >= 11 is 6.31. The van der Waals surface area contributed by atoms with Gasteiger partial charge in [-0.1, -0.05) is 23.7 Å². The third-order valence-electron chi connectivity index (χ3n) is 6.55. The summed E-state index contributed by atoms with van der Waals surface area (Å²) in [5, 5.41) is 3.88. The van der Waals surface area contributed by atoms with Crippen molar-refractivity contribution in [2.24, 2.45) is 0 Å². The molecule has 0 aliphatic carbocycles. The summed E-state index contributed by atoms with van der Waals surface area (Å²) in [6, 6.07) is 8.27. The number of carbonyl (C=O) groups is 4. The Labute approximate surface area is 250 Å². The van der Waals surface area contributed by atoms with Crippen LogP contribution in [0.1, 0.15) is 16.7 Å². The Bertz CT molecular complexity index is 1830. The first-order chi connectivity index (χ1) is 20.2. The van der Waals surface area contributed by atoms with Gasteiger partial charge in [0.2, 0.25) is 0 Å². The molecule has 12 nitrogen and oxygen atoms in total. The molecule has 0 radical (unpaired) electrons. The fraction of sp³-hybridized carbons (Fsp3) is 0.240. The van der Waals surface area contributed by atoms with Crippen LogP contribution in [0, 0.1) is 0 Å². The van der Waals surface area contributed by atoms with Crippen LogP contribution < -0.4 is 0 Å². The van der Waals surface area contributed by atoms with Crippen molar-refractivity contribution in [2.45, 2.75) is 12.7 Å². The largest absolute Gasteiger partial charge is 0.452 e. The molecule has 0 bridgehead atoms. The van der Waals surface area contributed by atoms with Crippen LogP contribution in [0.5, 0.6) is 0 Å². The van der Waals surface area contributed by atoms with Crippen LogP contribution >= 0.6 is 23.4 Å². The maximum Gasteiger partial charge on any atom is 0.424 e. The summed E-state index contributed by atoms with van der Waals surface area (Å²) in [6.45, 7) is -1.77. The van der Waals surface area contributed by atoms with Gasteiger partial charge in [-0.25, -0.2) is 9.10 Å². The lowest BCUT2D eigenvalue weighted by atomic mass is 10.1. The van der Waals surface area contributed by atoms with Gasteiger partial charge in [0.1, 0.15) is 6.54 Å². The number of ether oxygens (including phenoxy) is 1. The summed E-state index contributed by atoms with van der Waals surface area (Å²) in [4.78, 5) is 50.5. The van der Waals surface area contributed by atoms with Gasteiger partial charge in [-0.15, -0.1) is 0 Å². The van der Waals surface area contributed by atoms with E-state index in [2.05, 4.69) is 9.84 Å². The van der Waals surface area contributed by atoms with Crippen LogP contribution in [0.25, 0.3) is 17.0 Å². The van der Waals surface area contributed by atoms with Crippen molar-refractivity contribution < 1.29 is 45.5 Å². The Kier molecular flexibility index (Phi) is 7.91. The average molecular weight is 658 g/mol. The molecule has 1 aromatic heterocycles. The van der Waals surface area contributed by atoms with E-state index in [9.17, 15) is 40.8 Å². The molecule has 0 N–H and O–H groups in total. The molecule has 226 valence electrons. The maximum absolute atomic E-state index is 13.5. The lowest BCUT2D eigenvalue weighted by molar-refractivity contribution is -0.138. The molecule has 0 spiro atoms. The third-order valence-corrected chi connectivity index (χ3v) is 9.52. The highest BCUT2D eigenvalue weighted by Crippen LogP contribution is 2.35. The Morgan fingerprint density at radius 1 is 1.12 bits per heavy atom. The Balaban J connectivity index is 1.32. The number of carbonyl (C=O) groups excluding carboxylic acids is 4. The first kappa shape index (κ1) is 30.4. The third kappa shape index (κ3) is 5.79. The zero-order valence-corrected chi connectivity index (χ0v) is 24.3. The number of fused-ring (bicyclic) bond motifs is 1. The van der Waals surface area contributed by atoms with Crippen molar-refractivity contribution in [2.75, 3.05) is 26.7 Å². The minimum Gasteiger partial charge on any atom is -0.452 e. The van der Waals surface area contributed by atoms with E-state index in [1.54, 1.807) is 18.2 Å². The molecule has 5 rings (SSSR count). The van der Waals surface area contributed by atoms with E-state index in [0.29, 0.717) is 41.7 Å². The van der Waals surface area contributed by atoms with E-state index in [-0.39, 0.29) is 35.1 Å². The first-order valence-corrected chi connectivity index (χ1v) is 14.8. The topological polar surface area (TPSA) is 139 Å². The van der Waals surface area contributed by atoms with E-state index in [4.69, 9.17) is 11.6 Å². The van der Waals surface area contributed by atoms with E-state index in [1.807, 2.05) is 0 Å². The minimum absolute atomic E-state index is 0.0334. The molecule has 3 aromatic rings. The predicted octanol–water partition coefficient (Wildman–Crippen LogP) is 3.95. The summed E-state index contributed by atoms with van der Waals surface area (Å²) < 4.78 is 72.2. The zero-order chi connectivity index (χ0) is 31.3. The monoisotopic (exact) mass is 657 g/mol. The fourth-order valence-electron chi connectivity index (χ4n) is 4.51. The summed E-state index contributed by atoms with van der Waals surface area (Å²) in [5.41, 5.74) is 0.0560. The van der Waals surface area contributed by atoms with Crippen LogP contribution in [0.3, 0.4) is 0 Å². The second kappa shape index (κ2) is 11.2. The molecule has 2 aliphatic heterocycles. The minimum atomic E-state index is -4.61. The van der Waals surface area contributed by atoms with Gasteiger partial charge in [-0.05, 0) is 53.2 Å². The standard InChI is InChI=1S/C25H19ClF3N5O7S2/c1-41-23(37)34-7-6-33(43(34,39)40)21(35)13-31-22(36)20(42-24(31)38)9-14-2-5-19-16(8-14)11-30-32(19)12-15-3-4-17(26)10-18(15)25(27,28)29/h2-5,8-11H,6-7,12-13H2,1H3/b20-9-. The van der Waals surface area contributed by atoms with E-state index in [0.717, 1.165) is 13.2 Å². The number of thioether (sulfide) groups is 1. The normalized spacial score (nSPS) is 17.9. The molecule has 2 aromatic carbocycles.